The second-order valence-electron chi connectivity index (χ2n) is 8.94. The quantitative estimate of drug-likeness (QED) is 0.255. The van der Waals surface area contributed by atoms with Gasteiger partial charge in [-0.05, 0) is 36.2 Å². The molecule has 15 heteroatoms. The van der Waals surface area contributed by atoms with E-state index in [1.54, 1.807) is 29.0 Å². The highest BCUT2D eigenvalue weighted by Gasteiger charge is 2.45. The molecule has 0 spiro atoms. The number of rotatable bonds is 6. The molecule has 2 aromatic heterocycles. The molecule has 0 saturated heterocycles. The number of methoxy groups -OCH3 is 1. The monoisotopic (exact) mass is 580 g/mol. The third kappa shape index (κ3) is 5.72. The van der Waals surface area contributed by atoms with Crippen molar-refractivity contribution in [3.8, 4) is 11.4 Å². The maximum absolute atomic E-state index is 13.6. The minimum absolute atomic E-state index is 0.0832. The maximum Gasteiger partial charge on any atom is 0.490 e. The Morgan fingerprint density at radius 1 is 1.20 bits per heavy atom. The molecule has 40 heavy (non-hydrogen) atoms. The number of halogens is 5. The molecule has 2 N–H and O–H groups in total. The zero-order chi connectivity index (χ0) is 28.6. The fourth-order valence-corrected chi connectivity index (χ4v) is 4.57. The number of hydrogen-bond acceptors (Lipinski definition) is 8. The van der Waals surface area contributed by atoms with E-state index in [0.29, 0.717) is 27.8 Å². The third-order valence-corrected chi connectivity index (χ3v) is 6.49. The van der Waals surface area contributed by atoms with Crippen molar-refractivity contribution in [2.45, 2.75) is 37.3 Å². The number of aliphatic hydroxyl groups is 1. The van der Waals surface area contributed by atoms with E-state index in [1.807, 2.05) is 0 Å². The van der Waals surface area contributed by atoms with E-state index >= 15 is 0 Å². The first-order valence-electron chi connectivity index (χ1n) is 11.8. The predicted molar refractivity (Wildman–Crippen MR) is 133 cm³/mol. The summed E-state index contributed by atoms with van der Waals surface area (Å²) in [6, 6.07) is 10.5. The van der Waals surface area contributed by atoms with Gasteiger partial charge in [0.1, 0.15) is 35.0 Å². The van der Waals surface area contributed by atoms with Gasteiger partial charge in [-0.15, -0.1) is 5.10 Å². The number of hydrogen-bond donors (Lipinski definition) is 2. The first-order chi connectivity index (χ1) is 19.0. The van der Waals surface area contributed by atoms with E-state index in [0.717, 1.165) is 0 Å². The average Bonchev–Trinajstić information content (AvgIpc) is 3.49. The number of fused-ring (bicyclic) bond motifs is 1. The van der Waals surface area contributed by atoms with Gasteiger partial charge in [0.25, 0.3) is 0 Å². The summed E-state index contributed by atoms with van der Waals surface area (Å²) in [5.74, 6) is -2.80. The van der Waals surface area contributed by atoms with Crippen LogP contribution in [0.3, 0.4) is 0 Å². The van der Waals surface area contributed by atoms with E-state index < -0.39 is 42.6 Å². The summed E-state index contributed by atoms with van der Waals surface area (Å²) < 4.78 is 65.3. The number of esters is 1. The van der Waals surface area contributed by atoms with Gasteiger partial charge in [0, 0.05) is 23.9 Å². The number of aliphatic hydroxyl groups excluding tert-OH is 1. The van der Waals surface area contributed by atoms with Gasteiger partial charge in [0.2, 0.25) is 5.95 Å². The zero-order valence-corrected chi connectivity index (χ0v) is 21.4. The molecular formula is C25H21ClF4N6O4. The predicted octanol–water partition coefficient (Wildman–Crippen LogP) is 4.38. The normalized spacial score (nSPS) is 19.0. The molecule has 1 aliphatic heterocycles. The summed E-state index contributed by atoms with van der Waals surface area (Å²) in [5, 5.41) is 18.4. The van der Waals surface area contributed by atoms with Crippen LogP contribution in [0.5, 0.6) is 5.75 Å². The highest BCUT2D eigenvalue weighted by molar-refractivity contribution is 6.29. The van der Waals surface area contributed by atoms with Crippen LogP contribution in [-0.4, -0.2) is 60.9 Å². The Kier molecular flexibility index (Phi) is 7.38. The highest BCUT2D eigenvalue weighted by atomic mass is 35.5. The minimum Gasteiger partial charge on any atom is -0.494 e. The van der Waals surface area contributed by atoms with Crippen LogP contribution in [0.4, 0.5) is 29.2 Å². The standard InChI is InChI=1S/C25H21ClF4N6O4/c1-39-19-8-15(6-7-17(19)35-11-21(26)31-12-35)32-24-33-22-16(13-2-4-14(27)5-3-13)9-18(37)20(10-36(22)34-24)40-23(38)25(28,29)30/h2-8,11-12,16,18,20,37H,9-10H2,1H3,(H,32,34)/t16-,18+,20-/m0/s1. The number of benzene rings is 2. The molecule has 0 fully saturated rings. The van der Waals surface area contributed by atoms with Gasteiger partial charge < -0.3 is 24.5 Å². The molecule has 0 saturated carbocycles. The summed E-state index contributed by atoms with van der Waals surface area (Å²) in [7, 11) is 1.49. The lowest BCUT2D eigenvalue weighted by Gasteiger charge is -2.22. The lowest BCUT2D eigenvalue weighted by molar-refractivity contribution is -0.210. The number of alkyl halides is 3. The van der Waals surface area contributed by atoms with Crippen LogP contribution in [0, 0.1) is 5.82 Å². The number of imidazole rings is 1. The Balaban J connectivity index is 1.47. The van der Waals surface area contributed by atoms with Crippen molar-refractivity contribution in [3.05, 3.63) is 77.3 Å². The van der Waals surface area contributed by atoms with E-state index in [4.69, 9.17) is 16.3 Å². The summed E-state index contributed by atoms with van der Waals surface area (Å²) in [4.78, 5) is 20.1. The molecular weight excluding hydrogens is 560 g/mol. The van der Waals surface area contributed by atoms with E-state index in [-0.39, 0.29) is 18.2 Å². The molecule has 0 radical (unpaired) electrons. The Labute approximate surface area is 229 Å². The van der Waals surface area contributed by atoms with Crippen LogP contribution in [0.15, 0.2) is 55.0 Å². The zero-order valence-electron chi connectivity index (χ0n) is 20.6. The molecule has 1 aliphatic rings. The van der Waals surface area contributed by atoms with Crippen molar-refractivity contribution in [1.82, 2.24) is 24.3 Å². The summed E-state index contributed by atoms with van der Waals surface area (Å²) in [6.45, 7) is -0.395. The molecule has 3 atom stereocenters. The van der Waals surface area contributed by atoms with Gasteiger partial charge in [-0.3, -0.25) is 0 Å². The van der Waals surface area contributed by atoms with Crippen molar-refractivity contribution >= 4 is 29.2 Å². The largest absolute Gasteiger partial charge is 0.494 e. The third-order valence-electron chi connectivity index (χ3n) is 6.30. The maximum atomic E-state index is 13.6. The smallest absolute Gasteiger partial charge is 0.490 e. The van der Waals surface area contributed by atoms with Gasteiger partial charge in [-0.2, -0.15) is 18.2 Å². The molecule has 10 nitrogen and oxygen atoms in total. The Morgan fingerprint density at radius 3 is 2.60 bits per heavy atom. The fourth-order valence-electron chi connectivity index (χ4n) is 4.42. The molecule has 0 aliphatic carbocycles. The molecule has 3 heterocycles. The highest BCUT2D eigenvalue weighted by Crippen LogP contribution is 2.35. The number of aromatic nitrogens is 5. The Morgan fingerprint density at radius 2 is 1.95 bits per heavy atom. The van der Waals surface area contributed by atoms with Gasteiger partial charge in [-0.25, -0.2) is 18.9 Å². The number of ether oxygens (including phenoxy) is 2. The number of nitrogens with zero attached hydrogens (tertiary/aromatic N) is 5. The van der Waals surface area contributed by atoms with Gasteiger partial charge in [0.15, 0.2) is 0 Å². The van der Waals surface area contributed by atoms with Crippen LogP contribution < -0.4 is 10.1 Å². The topological polar surface area (TPSA) is 116 Å². The molecule has 4 aromatic rings. The van der Waals surface area contributed by atoms with Crippen molar-refractivity contribution in [2.75, 3.05) is 12.4 Å². The van der Waals surface area contributed by atoms with Crippen LogP contribution >= 0.6 is 11.6 Å². The van der Waals surface area contributed by atoms with Crippen LogP contribution in [0.2, 0.25) is 5.15 Å². The first kappa shape index (κ1) is 27.4. The molecule has 210 valence electrons. The number of carbonyl (C=O) groups excluding carboxylic acids is 1. The first-order valence-corrected chi connectivity index (χ1v) is 12.2. The lowest BCUT2D eigenvalue weighted by atomic mass is 9.92. The van der Waals surface area contributed by atoms with Gasteiger partial charge in [0.05, 0.1) is 25.4 Å². The lowest BCUT2D eigenvalue weighted by Crippen LogP contribution is -2.38. The van der Waals surface area contributed by atoms with Crippen LogP contribution in [0.25, 0.3) is 5.69 Å². The fraction of sp³-hybridized carbons (Fsp3) is 0.280. The van der Waals surface area contributed by atoms with Gasteiger partial charge in [-0.1, -0.05) is 23.7 Å². The number of nitrogens with one attached hydrogen (secondary N) is 1. The number of anilines is 2. The second kappa shape index (κ2) is 10.8. The molecule has 0 amide bonds. The van der Waals surface area contributed by atoms with Crippen LogP contribution in [-0.2, 0) is 16.1 Å². The van der Waals surface area contributed by atoms with Crippen molar-refractivity contribution in [3.63, 3.8) is 0 Å². The van der Waals surface area contributed by atoms with Crippen LogP contribution in [0.1, 0.15) is 23.7 Å². The van der Waals surface area contributed by atoms with Gasteiger partial charge >= 0.3 is 12.1 Å². The minimum atomic E-state index is -5.24. The molecule has 2 aromatic carbocycles. The summed E-state index contributed by atoms with van der Waals surface area (Å²) in [5.41, 5.74) is 1.71. The summed E-state index contributed by atoms with van der Waals surface area (Å²) in [6.07, 6.45) is -5.31. The molecule has 5 rings (SSSR count). The number of carbonyl (C=O) groups is 1. The SMILES string of the molecule is COc1cc(Nc2nc3n(n2)C[C@H](OC(=O)C(F)(F)F)[C@H](O)C[C@H]3c2ccc(F)cc2)ccc1-n1cnc(Cl)c1. The van der Waals surface area contributed by atoms with Crippen molar-refractivity contribution in [2.24, 2.45) is 0 Å². The van der Waals surface area contributed by atoms with E-state index in [2.05, 4.69) is 25.1 Å². The molecule has 0 unspecified atom stereocenters. The van der Waals surface area contributed by atoms with Crippen molar-refractivity contribution < 1.29 is 36.9 Å². The second-order valence-corrected chi connectivity index (χ2v) is 9.33. The molecule has 0 bridgehead atoms. The average molecular weight is 581 g/mol. The van der Waals surface area contributed by atoms with E-state index in [9.17, 15) is 27.5 Å². The summed E-state index contributed by atoms with van der Waals surface area (Å²) >= 11 is 5.92. The van der Waals surface area contributed by atoms with E-state index in [1.165, 1.54) is 42.4 Å². The Bertz CT molecular complexity index is 1520. The van der Waals surface area contributed by atoms with Crippen molar-refractivity contribution in [1.29, 1.82) is 0 Å². The Hall–Kier alpha value is -4.17.